The largest absolute Gasteiger partial charge is 0.468 e. The summed E-state index contributed by atoms with van der Waals surface area (Å²) in [6.07, 6.45) is 0. The first-order valence-electron chi connectivity index (χ1n) is 3.30. The molecule has 0 aliphatic heterocycles. The minimum Gasteiger partial charge on any atom is -0.468 e. The van der Waals surface area contributed by atoms with E-state index in [1.807, 2.05) is 0 Å². The second kappa shape index (κ2) is 6.13. The molecule has 0 bridgehead atoms. The molecule has 0 saturated heterocycles. The van der Waals surface area contributed by atoms with Gasteiger partial charge in [0.15, 0.2) is 5.66 Å². The Balaban J connectivity index is 0. The lowest BCUT2D eigenvalue weighted by molar-refractivity contribution is -0.140. The second-order valence-electron chi connectivity index (χ2n) is 2.10. The zero-order valence-corrected chi connectivity index (χ0v) is 8.46. The third-order valence-electron chi connectivity index (χ3n) is 1.53. The maximum absolute atomic E-state index is 11.5. The molecule has 0 saturated carbocycles. The summed E-state index contributed by atoms with van der Waals surface area (Å²) in [6.45, 7) is 1.43. The van der Waals surface area contributed by atoms with Gasteiger partial charge in [-0.2, -0.15) is 0 Å². The van der Waals surface area contributed by atoms with Crippen LogP contribution in [-0.4, -0.2) is 33.0 Å². The SMILES string of the molecule is C.COC(=O)C(C)P(=O)(OC)OC. The first-order chi connectivity index (χ1) is 5.51. The molecule has 0 aromatic rings. The van der Waals surface area contributed by atoms with Gasteiger partial charge in [-0.05, 0) is 6.92 Å². The molecule has 0 aliphatic rings. The lowest BCUT2D eigenvalue weighted by Crippen LogP contribution is -2.20. The molecule has 0 spiro atoms. The predicted octanol–water partition coefficient (Wildman–Crippen LogP) is 1.67. The number of esters is 1. The maximum Gasteiger partial charge on any atom is 0.344 e. The summed E-state index contributed by atoms with van der Waals surface area (Å²) < 4.78 is 25.1. The number of carbonyl (C=O) groups excluding carboxylic acids is 1. The van der Waals surface area contributed by atoms with Gasteiger partial charge in [0.1, 0.15) is 0 Å². The van der Waals surface area contributed by atoms with Crippen LogP contribution < -0.4 is 0 Å². The van der Waals surface area contributed by atoms with E-state index in [2.05, 4.69) is 13.8 Å². The fourth-order valence-electron chi connectivity index (χ4n) is 0.690. The van der Waals surface area contributed by atoms with Crippen molar-refractivity contribution in [1.82, 2.24) is 0 Å². The number of carbonyl (C=O) groups is 1. The molecule has 0 amide bonds. The van der Waals surface area contributed by atoms with Gasteiger partial charge in [0, 0.05) is 14.2 Å². The van der Waals surface area contributed by atoms with E-state index in [1.54, 1.807) is 0 Å². The Hall–Kier alpha value is -0.380. The van der Waals surface area contributed by atoms with Gasteiger partial charge >= 0.3 is 13.6 Å². The summed E-state index contributed by atoms with van der Waals surface area (Å²) in [5, 5.41) is 0. The maximum atomic E-state index is 11.5. The third kappa shape index (κ3) is 3.46. The van der Waals surface area contributed by atoms with Crippen LogP contribution in [0.25, 0.3) is 0 Å². The molecular weight excluding hydrogens is 195 g/mol. The Morgan fingerprint density at radius 1 is 1.23 bits per heavy atom. The van der Waals surface area contributed by atoms with Crippen molar-refractivity contribution in [3.8, 4) is 0 Å². The van der Waals surface area contributed by atoms with Crippen LogP contribution in [0, 0.1) is 0 Å². The second-order valence-corrected chi connectivity index (χ2v) is 4.69. The summed E-state index contributed by atoms with van der Waals surface area (Å²) in [5.41, 5.74) is -0.891. The van der Waals surface area contributed by atoms with E-state index in [0.717, 1.165) is 0 Å². The van der Waals surface area contributed by atoms with E-state index in [4.69, 9.17) is 0 Å². The van der Waals surface area contributed by atoms with Gasteiger partial charge in [0.25, 0.3) is 0 Å². The fraction of sp³-hybridized carbons (Fsp3) is 0.857. The number of hydrogen-bond donors (Lipinski definition) is 0. The molecule has 1 unspecified atom stereocenters. The minimum atomic E-state index is -3.32. The average Bonchev–Trinajstić information content (AvgIpc) is 2.14. The number of ether oxygens (including phenoxy) is 1. The molecule has 5 nitrogen and oxygen atoms in total. The van der Waals surface area contributed by atoms with Crippen molar-refractivity contribution in [2.75, 3.05) is 21.3 Å². The highest BCUT2D eigenvalue weighted by Gasteiger charge is 2.36. The van der Waals surface area contributed by atoms with E-state index in [-0.39, 0.29) is 7.43 Å². The third-order valence-corrected chi connectivity index (χ3v) is 3.70. The molecular formula is C7H17O5P. The van der Waals surface area contributed by atoms with Gasteiger partial charge in [0.2, 0.25) is 0 Å². The van der Waals surface area contributed by atoms with Crippen molar-refractivity contribution >= 4 is 13.6 Å². The molecule has 0 N–H and O–H groups in total. The Bertz CT molecular complexity index is 195. The highest BCUT2D eigenvalue weighted by atomic mass is 31.2. The highest BCUT2D eigenvalue weighted by molar-refractivity contribution is 7.55. The predicted molar refractivity (Wildman–Crippen MR) is 49.8 cm³/mol. The van der Waals surface area contributed by atoms with E-state index in [0.29, 0.717) is 0 Å². The topological polar surface area (TPSA) is 61.8 Å². The van der Waals surface area contributed by atoms with Crippen LogP contribution >= 0.6 is 7.60 Å². The Labute approximate surface area is 78.9 Å². The lowest BCUT2D eigenvalue weighted by Gasteiger charge is -2.18. The smallest absolute Gasteiger partial charge is 0.344 e. The van der Waals surface area contributed by atoms with Crippen molar-refractivity contribution in [3.05, 3.63) is 0 Å². The molecule has 0 aromatic heterocycles. The number of methoxy groups -OCH3 is 1. The standard InChI is InChI=1S/C6H13O5P.CH4/c1-5(6(7)9-2)12(8,10-3)11-4;/h5H,1-4H3;1H4. The molecule has 1 atom stereocenters. The normalized spacial score (nSPS) is 12.9. The van der Waals surface area contributed by atoms with Crippen LogP contribution in [0.5, 0.6) is 0 Å². The van der Waals surface area contributed by atoms with Crippen LogP contribution in [0.15, 0.2) is 0 Å². The van der Waals surface area contributed by atoms with Crippen LogP contribution in [-0.2, 0) is 23.1 Å². The monoisotopic (exact) mass is 212 g/mol. The Morgan fingerprint density at radius 3 is 1.85 bits per heavy atom. The fourth-order valence-corrected chi connectivity index (χ4v) is 1.84. The summed E-state index contributed by atoms with van der Waals surface area (Å²) in [4.78, 5) is 10.9. The van der Waals surface area contributed by atoms with E-state index >= 15 is 0 Å². The van der Waals surface area contributed by atoms with Gasteiger partial charge in [-0.25, -0.2) is 0 Å². The van der Waals surface area contributed by atoms with Gasteiger partial charge in [0.05, 0.1) is 7.11 Å². The molecule has 0 rings (SSSR count). The molecule has 0 radical (unpaired) electrons. The molecule has 6 heteroatoms. The Morgan fingerprint density at radius 2 is 1.62 bits per heavy atom. The van der Waals surface area contributed by atoms with Crippen molar-refractivity contribution < 1.29 is 23.1 Å². The molecule has 0 fully saturated rings. The van der Waals surface area contributed by atoms with Gasteiger partial charge in [-0.1, -0.05) is 7.43 Å². The quantitative estimate of drug-likeness (QED) is 0.524. The van der Waals surface area contributed by atoms with Crippen molar-refractivity contribution in [1.29, 1.82) is 0 Å². The van der Waals surface area contributed by atoms with Crippen LogP contribution in [0.4, 0.5) is 0 Å². The summed E-state index contributed by atoms with van der Waals surface area (Å²) in [7, 11) is 0.349. The first kappa shape index (κ1) is 15.1. The van der Waals surface area contributed by atoms with E-state index in [9.17, 15) is 9.36 Å². The summed E-state index contributed by atoms with van der Waals surface area (Å²) in [6, 6.07) is 0. The van der Waals surface area contributed by atoms with Crippen LogP contribution in [0.3, 0.4) is 0 Å². The lowest BCUT2D eigenvalue weighted by atomic mass is 10.5. The summed E-state index contributed by atoms with van der Waals surface area (Å²) in [5.74, 6) is -0.609. The summed E-state index contributed by atoms with van der Waals surface area (Å²) >= 11 is 0. The van der Waals surface area contributed by atoms with Gasteiger partial charge in [-0.15, -0.1) is 0 Å². The van der Waals surface area contributed by atoms with Crippen molar-refractivity contribution in [3.63, 3.8) is 0 Å². The first-order valence-corrected chi connectivity index (χ1v) is 4.92. The zero-order valence-electron chi connectivity index (χ0n) is 7.57. The van der Waals surface area contributed by atoms with Crippen LogP contribution in [0.1, 0.15) is 14.4 Å². The molecule has 13 heavy (non-hydrogen) atoms. The minimum absolute atomic E-state index is 0. The molecule has 0 aromatic carbocycles. The highest BCUT2D eigenvalue weighted by Crippen LogP contribution is 2.51. The molecule has 0 heterocycles. The van der Waals surface area contributed by atoms with Gasteiger partial charge in [-0.3, -0.25) is 9.36 Å². The number of rotatable bonds is 4. The average molecular weight is 212 g/mol. The van der Waals surface area contributed by atoms with Crippen molar-refractivity contribution in [2.24, 2.45) is 0 Å². The van der Waals surface area contributed by atoms with E-state index in [1.165, 1.54) is 28.3 Å². The molecule has 80 valence electrons. The zero-order chi connectivity index (χ0) is 9.78. The Kier molecular flexibility index (Phi) is 7.13. The molecule has 0 aliphatic carbocycles. The van der Waals surface area contributed by atoms with Crippen LogP contribution in [0.2, 0.25) is 0 Å². The van der Waals surface area contributed by atoms with E-state index < -0.39 is 19.2 Å². The van der Waals surface area contributed by atoms with Gasteiger partial charge < -0.3 is 13.8 Å². The number of hydrogen-bond acceptors (Lipinski definition) is 5. The van der Waals surface area contributed by atoms with Crippen molar-refractivity contribution in [2.45, 2.75) is 20.0 Å².